The lowest BCUT2D eigenvalue weighted by Gasteiger charge is -2.34. The fraction of sp³-hybridized carbons (Fsp3) is 0.179. The van der Waals surface area contributed by atoms with Gasteiger partial charge in [0.05, 0.1) is 21.8 Å². The van der Waals surface area contributed by atoms with Gasteiger partial charge < -0.3 is 10.6 Å². The number of anilines is 2. The van der Waals surface area contributed by atoms with Crippen molar-refractivity contribution in [1.29, 1.82) is 0 Å². The first kappa shape index (κ1) is 23.4. The molecule has 1 aliphatic heterocycles. The molecule has 0 spiro atoms. The highest BCUT2D eigenvalue weighted by molar-refractivity contribution is 6.32. The van der Waals surface area contributed by atoms with E-state index < -0.39 is 0 Å². The SMILES string of the molecule is Nc1c2c(-c3ccc(F)cc3)nc(N3CCN(Cc4ccccc4)CC3)nc2nn1-c1ccccc1Cl. The number of hydrogen-bond donors (Lipinski definition) is 1. The van der Waals surface area contributed by atoms with E-state index in [1.165, 1.54) is 17.7 Å². The molecule has 2 aromatic heterocycles. The average molecular weight is 514 g/mol. The second kappa shape index (κ2) is 9.80. The number of fused-ring (bicyclic) bond motifs is 1. The summed E-state index contributed by atoms with van der Waals surface area (Å²) in [6, 6.07) is 24.1. The van der Waals surface area contributed by atoms with E-state index in [2.05, 4.69) is 34.1 Å². The summed E-state index contributed by atoms with van der Waals surface area (Å²) >= 11 is 6.45. The largest absolute Gasteiger partial charge is 0.383 e. The van der Waals surface area contributed by atoms with Gasteiger partial charge in [0, 0.05) is 38.3 Å². The highest BCUT2D eigenvalue weighted by Crippen LogP contribution is 2.35. The van der Waals surface area contributed by atoms with Crippen molar-refractivity contribution in [2.75, 3.05) is 36.8 Å². The molecule has 6 rings (SSSR count). The average Bonchev–Trinajstić information content (AvgIpc) is 3.26. The summed E-state index contributed by atoms with van der Waals surface area (Å²) in [7, 11) is 0. The zero-order valence-corrected chi connectivity index (χ0v) is 20.8. The van der Waals surface area contributed by atoms with Gasteiger partial charge in [-0.2, -0.15) is 4.98 Å². The molecule has 0 atom stereocenters. The molecule has 1 saturated heterocycles. The first-order valence-corrected chi connectivity index (χ1v) is 12.5. The number of rotatable bonds is 5. The smallest absolute Gasteiger partial charge is 0.228 e. The molecule has 0 amide bonds. The first-order valence-electron chi connectivity index (χ1n) is 12.1. The van der Waals surface area contributed by atoms with Gasteiger partial charge in [-0.25, -0.2) is 14.1 Å². The number of para-hydroxylation sites is 1. The Morgan fingerprint density at radius 3 is 2.27 bits per heavy atom. The summed E-state index contributed by atoms with van der Waals surface area (Å²) in [5.41, 5.74) is 10.4. The Hall–Kier alpha value is -4.01. The van der Waals surface area contributed by atoms with Gasteiger partial charge in [0.15, 0.2) is 5.65 Å². The topological polar surface area (TPSA) is 76.1 Å². The lowest BCUT2D eigenvalue weighted by atomic mass is 10.1. The van der Waals surface area contributed by atoms with Crippen LogP contribution in [0.3, 0.4) is 0 Å². The number of nitrogens with two attached hydrogens (primary N) is 1. The maximum Gasteiger partial charge on any atom is 0.228 e. The number of benzene rings is 3. The van der Waals surface area contributed by atoms with Gasteiger partial charge in [-0.05, 0) is 42.0 Å². The molecule has 9 heteroatoms. The van der Waals surface area contributed by atoms with Crippen molar-refractivity contribution in [2.24, 2.45) is 0 Å². The van der Waals surface area contributed by atoms with Gasteiger partial charge in [0.25, 0.3) is 0 Å². The minimum Gasteiger partial charge on any atom is -0.383 e. The Kier molecular flexibility index (Phi) is 6.20. The van der Waals surface area contributed by atoms with Gasteiger partial charge in [0.2, 0.25) is 5.95 Å². The fourth-order valence-electron chi connectivity index (χ4n) is 4.71. The van der Waals surface area contributed by atoms with E-state index in [9.17, 15) is 4.39 Å². The molecule has 0 unspecified atom stereocenters. The Morgan fingerprint density at radius 1 is 0.838 bits per heavy atom. The third-order valence-corrected chi connectivity index (χ3v) is 6.98. The molecule has 0 bridgehead atoms. The molecule has 1 fully saturated rings. The number of nitrogen functional groups attached to an aromatic ring is 1. The zero-order valence-electron chi connectivity index (χ0n) is 20.1. The predicted octanol–water partition coefficient (Wildman–Crippen LogP) is 5.18. The number of aromatic nitrogens is 4. The van der Waals surface area contributed by atoms with Crippen LogP contribution in [0.25, 0.3) is 28.0 Å². The summed E-state index contributed by atoms with van der Waals surface area (Å²) < 4.78 is 15.3. The molecule has 37 heavy (non-hydrogen) atoms. The standard InChI is InChI=1S/C28H25ClFN7/c29-22-8-4-5-9-23(22)37-26(31)24-25(20-10-12-21(30)13-11-20)32-28(33-27(24)34-37)36-16-14-35(15-17-36)18-19-6-2-1-3-7-19/h1-13H,14-18,31H2. The molecular weight excluding hydrogens is 489 g/mol. The minimum atomic E-state index is -0.316. The molecular formula is C28H25ClFN7. The molecule has 3 aromatic carbocycles. The van der Waals surface area contributed by atoms with E-state index in [0.29, 0.717) is 39.2 Å². The highest BCUT2D eigenvalue weighted by atomic mass is 35.5. The lowest BCUT2D eigenvalue weighted by Crippen LogP contribution is -2.46. The summed E-state index contributed by atoms with van der Waals surface area (Å²) in [4.78, 5) is 14.3. The highest BCUT2D eigenvalue weighted by Gasteiger charge is 2.24. The second-order valence-electron chi connectivity index (χ2n) is 9.07. The first-order chi connectivity index (χ1) is 18.1. The number of nitrogens with zero attached hydrogens (tertiary/aromatic N) is 6. The van der Waals surface area contributed by atoms with Crippen molar-refractivity contribution in [3.63, 3.8) is 0 Å². The van der Waals surface area contributed by atoms with Crippen molar-refractivity contribution in [3.05, 3.63) is 95.3 Å². The van der Waals surface area contributed by atoms with E-state index in [1.807, 2.05) is 24.3 Å². The van der Waals surface area contributed by atoms with Crippen LogP contribution in [-0.4, -0.2) is 50.8 Å². The van der Waals surface area contributed by atoms with Crippen LogP contribution in [0.5, 0.6) is 0 Å². The molecule has 0 saturated carbocycles. The van der Waals surface area contributed by atoms with Crippen LogP contribution in [-0.2, 0) is 6.54 Å². The van der Waals surface area contributed by atoms with Gasteiger partial charge in [-0.3, -0.25) is 4.90 Å². The molecule has 5 aromatic rings. The van der Waals surface area contributed by atoms with Crippen molar-refractivity contribution in [1.82, 2.24) is 24.6 Å². The molecule has 7 nitrogen and oxygen atoms in total. The molecule has 3 heterocycles. The third-order valence-electron chi connectivity index (χ3n) is 6.66. The third kappa shape index (κ3) is 4.61. The van der Waals surface area contributed by atoms with Crippen LogP contribution in [0.2, 0.25) is 5.02 Å². The van der Waals surface area contributed by atoms with Crippen LogP contribution in [0, 0.1) is 5.82 Å². The summed E-state index contributed by atoms with van der Waals surface area (Å²) in [6.45, 7) is 4.24. The quantitative estimate of drug-likeness (QED) is 0.349. The van der Waals surface area contributed by atoms with Crippen LogP contribution in [0.15, 0.2) is 78.9 Å². The molecule has 0 aliphatic carbocycles. The van der Waals surface area contributed by atoms with Gasteiger partial charge in [-0.15, -0.1) is 5.10 Å². The van der Waals surface area contributed by atoms with Crippen molar-refractivity contribution in [2.45, 2.75) is 6.54 Å². The Balaban J connectivity index is 1.38. The normalized spacial score (nSPS) is 14.4. The van der Waals surface area contributed by atoms with Crippen LogP contribution >= 0.6 is 11.6 Å². The summed E-state index contributed by atoms with van der Waals surface area (Å²) in [6.07, 6.45) is 0. The maximum absolute atomic E-state index is 13.7. The predicted molar refractivity (Wildman–Crippen MR) is 145 cm³/mol. The Morgan fingerprint density at radius 2 is 1.54 bits per heavy atom. The fourth-order valence-corrected chi connectivity index (χ4v) is 4.93. The van der Waals surface area contributed by atoms with E-state index in [4.69, 9.17) is 32.4 Å². The molecule has 1 aliphatic rings. The monoisotopic (exact) mass is 513 g/mol. The van der Waals surface area contributed by atoms with E-state index in [1.54, 1.807) is 22.9 Å². The number of halogens is 2. The Bertz CT molecular complexity index is 1540. The van der Waals surface area contributed by atoms with Crippen LogP contribution in [0.4, 0.5) is 16.2 Å². The van der Waals surface area contributed by atoms with Gasteiger partial charge in [-0.1, -0.05) is 54.1 Å². The van der Waals surface area contributed by atoms with E-state index in [-0.39, 0.29) is 5.82 Å². The van der Waals surface area contributed by atoms with Crippen LogP contribution < -0.4 is 10.6 Å². The summed E-state index contributed by atoms with van der Waals surface area (Å²) in [5.74, 6) is 0.639. The van der Waals surface area contributed by atoms with Gasteiger partial charge >= 0.3 is 0 Å². The maximum atomic E-state index is 13.7. The minimum absolute atomic E-state index is 0.316. The second-order valence-corrected chi connectivity index (χ2v) is 9.48. The van der Waals surface area contributed by atoms with Crippen LogP contribution in [0.1, 0.15) is 5.56 Å². The molecule has 2 N–H and O–H groups in total. The number of piperazine rings is 1. The summed E-state index contributed by atoms with van der Waals surface area (Å²) in [5, 5.41) is 5.85. The van der Waals surface area contributed by atoms with E-state index in [0.717, 1.165) is 38.3 Å². The molecule has 186 valence electrons. The van der Waals surface area contributed by atoms with Gasteiger partial charge in [0.1, 0.15) is 11.6 Å². The zero-order chi connectivity index (χ0) is 25.4. The number of hydrogen-bond acceptors (Lipinski definition) is 6. The lowest BCUT2D eigenvalue weighted by molar-refractivity contribution is 0.249. The molecule has 0 radical (unpaired) electrons. The van der Waals surface area contributed by atoms with E-state index >= 15 is 0 Å². The van der Waals surface area contributed by atoms with Crippen molar-refractivity contribution in [3.8, 4) is 16.9 Å². The van der Waals surface area contributed by atoms with Crippen molar-refractivity contribution < 1.29 is 4.39 Å². The van der Waals surface area contributed by atoms with Crippen molar-refractivity contribution >= 4 is 34.4 Å². The Labute approximate surface area is 218 Å².